The number of anilines is 1. The summed E-state index contributed by atoms with van der Waals surface area (Å²) in [6.45, 7) is 5.98. The molecule has 7 heteroatoms. The third-order valence-electron chi connectivity index (χ3n) is 4.90. The molecule has 0 N–H and O–H groups in total. The molecule has 3 aromatic heterocycles. The first kappa shape index (κ1) is 17.2. The van der Waals surface area contributed by atoms with E-state index < -0.39 is 0 Å². The summed E-state index contributed by atoms with van der Waals surface area (Å²) in [5.74, 6) is 0.839. The number of fused-ring (bicyclic) bond motifs is 1. The zero-order valence-corrected chi connectivity index (χ0v) is 15.2. The lowest BCUT2D eigenvalue weighted by molar-refractivity contribution is 0.246. The van der Waals surface area contributed by atoms with Gasteiger partial charge in [-0.3, -0.25) is 14.1 Å². The number of aromatic nitrogens is 3. The Labute approximate surface area is 157 Å². The normalized spacial score (nSPS) is 15.0. The summed E-state index contributed by atoms with van der Waals surface area (Å²) < 4.78 is 1.59. The number of hydrogen-bond acceptors (Lipinski definition) is 6. The van der Waals surface area contributed by atoms with Crippen molar-refractivity contribution in [3.8, 4) is 6.07 Å². The van der Waals surface area contributed by atoms with Crippen LogP contribution in [0.2, 0.25) is 0 Å². The molecule has 0 bridgehead atoms. The van der Waals surface area contributed by atoms with Gasteiger partial charge in [-0.15, -0.1) is 0 Å². The summed E-state index contributed by atoms with van der Waals surface area (Å²) in [4.78, 5) is 25.9. The van der Waals surface area contributed by atoms with Crippen molar-refractivity contribution in [2.24, 2.45) is 0 Å². The second-order valence-electron chi connectivity index (χ2n) is 6.75. The first-order chi connectivity index (χ1) is 13.1. The van der Waals surface area contributed by atoms with Crippen LogP contribution in [0, 0.1) is 18.3 Å². The zero-order chi connectivity index (χ0) is 18.8. The highest BCUT2D eigenvalue weighted by Gasteiger charge is 2.19. The van der Waals surface area contributed by atoms with Crippen molar-refractivity contribution in [3.63, 3.8) is 0 Å². The van der Waals surface area contributed by atoms with Gasteiger partial charge in [0.05, 0.1) is 17.3 Å². The van der Waals surface area contributed by atoms with Crippen molar-refractivity contribution >= 4 is 11.5 Å². The molecule has 1 aliphatic heterocycles. The van der Waals surface area contributed by atoms with Crippen LogP contribution in [0.15, 0.2) is 47.5 Å². The maximum Gasteiger partial charge on any atom is 0.258 e. The first-order valence-corrected chi connectivity index (χ1v) is 8.95. The Bertz CT molecular complexity index is 1080. The lowest BCUT2D eigenvalue weighted by Crippen LogP contribution is -2.46. The number of nitriles is 1. The SMILES string of the molecule is Cc1cccn2c(=O)cc(CN3CCN(c4cc(C#N)ccn4)CC3)nc12. The summed E-state index contributed by atoms with van der Waals surface area (Å²) in [5, 5.41) is 9.05. The van der Waals surface area contributed by atoms with Gasteiger partial charge in [-0.25, -0.2) is 9.97 Å². The van der Waals surface area contributed by atoms with Crippen molar-refractivity contribution in [1.82, 2.24) is 19.3 Å². The van der Waals surface area contributed by atoms with Gasteiger partial charge in [0.25, 0.3) is 5.56 Å². The maximum absolute atomic E-state index is 12.4. The van der Waals surface area contributed by atoms with Crippen LogP contribution in [-0.4, -0.2) is 45.4 Å². The molecule has 0 aromatic carbocycles. The topological polar surface area (TPSA) is 77.5 Å². The van der Waals surface area contributed by atoms with Crippen molar-refractivity contribution in [3.05, 3.63) is 69.9 Å². The van der Waals surface area contributed by atoms with E-state index in [4.69, 9.17) is 5.26 Å². The molecular weight excluding hydrogens is 340 g/mol. The van der Waals surface area contributed by atoms with E-state index in [0.29, 0.717) is 12.1 Å². The molecule has 4 rings (SSSR count). The van der Waals surface area contributed by atoms with Crippen LogP contribution >= 0.6 is 0 Å². The number of hydrogen-bond donors (Lipinski definition) is 0. The van der Waals surface area contributed by atoms with Crippen molar-refractivity contribution < 1.29 is 0 Å². The summed E-state index contributed by atoms with van der Waals surface area (Å²) >= 11 is 0. The van der Waals surface area contributed by atoms with Crippen LogP contribution in [0.25, 0.3) is 5.65 Å². The number of rotatable bonds is 3. The molecule has 4 heterocycles. The van der Waals surface area contributed by atoms with Gasteiger partial charge >= 0.3 is 0 Å². The quantitative estimate of drug-likeness (QED) is 0.706. The van der Waals surface area contributed by atoms with Crippen LogP contribution in [-0.2, 0) is 6.54 Å². The molecule has 0 unspecified atom stereocenters. The Hall–Kier alpha value is -3.24. The standard InChI is InChI=1S/C20H20N6O/c1-15-3-2-6-26-19(27)12-17(23-20(15)26)14-24-7-9-25(10-8-24)18-11-16(13-21)4-5-22-18/h2-6,11-12H,7-10,14H2,1H3. The first-order valence-electron chi connectivity index (χ1n) is 8.95. The van der Waals surface area contributed by atoms with Crippen molar-refractivity contribution in [1.29, 1.82) is 5.26 Å². The highest BCUT2D eigenvalue weighted by Crippen LogP contribution is 2.16. The van der Waals surface area contributed by atoms with E-state index in [1.54, 1.807) is 28.9 Å². The number of nitrogens with zero attached hydrogens (tertiary/aromatic N) is 6. The lowest BCUT2D eigenvalue weighted by Gasteiger charge is -2.35. The van der Waals surface area contributed by atoms with Crippen LogP contribution < -0.4 is 10.5 Å². The molecular formula is C20H20N6O. The highest BCUT2D eigenvalue weighted by molar-refractivity contribution is 5.47. The van der Waals surface area contributed by atoms with E-state index in [2.05, 4.69) is 25.8 Å². The maximum atomic E-state index is 12.4. The molecule has 0 aliphatic carbocycles. The van der Waals surface area contributed by atoms with Gasteiger partial charge in [0, 0.05) is 51.2 Å². The summed E-state index contributed by atoms with van der Waals surface area (Å²) in [7, 11) is 0. The zero-order valence-electron chi connectivity index (χ0n) is 15.2. The molecule has 0 amide bonds. The van der Waals surface area contributed by atoms with Crippen LogP contribution in [0.5, 0.6) is 0 Å². The van der Waals surface area contributed by atoms with Gasteiger partial charge in [-0.2, -0.15) is 5.26 Å². The molecule has 27 heavy (non-hydrogen) atoms. The molecule has 1 saturated heterocycles. The Balaban J connectivity index is 1.46. The summed E-state index contributed by atoms with van der Waals surface area (Å²) in [6.07, 6.45) is 3.43. The lowest BCUT2D eigenvalue weighted by atomic mass is 10.2. The van der Waals surface area contributed by atoms with Gasteiger partial charge < -0.3 is 4.90 Å². The average molecular weight is 360 g/mol. The molecule has 3 aromatic rings. The molecule has 7 nitrogen and oxygen atoms in total. The van der Waals surface area contributed by atoms with Gasteiger partial charge in [0.15, 0.2) is 0 Å². The van der Waals surface area contributed by atoms with Crippen LogP contribution in [0.1, 0.15) is 16.8 Å². The minimum atomic E-state index is -0.0464. The summed E-state index contributed by atoms with van der Waals surface area (Å²) in [6, 6.07) is 11.1. The highest BCUT2D eigenvalue weighted by atomic mass is 16.1. The number of aryl methyl sites for hydroxylation is 1. The molecule has 1 fully saturated rings. The Kier molecular flexibility index (Phi) is 4.57. The monoisotopic (exact) mass is 360 g/mol. The fraction of sp³-hybridized carbons (Fsp3) is 0.300. The van der Waals surface area contributed by atoms with E-state index >= 15 is 0 Å². The third-order valence-corrected chi connectivity index (χ3v) is 4.90. The van der Waals surface area contributed by atoms with E-state index in [1.165, 1.54) is 0 Å². The van der Waals surface area contributed by atoms with E-state index in [1.807, 2.05) is 25.1 Å². The molecule has 0 radical (unpaired) electrons. The van der Waals surface area contributed by atoms with Crippen LogP contribution in [0.3, 0.4) is 0 Å². The minimum absolute atomic E-state index is 0.0464. The van der Waals surface area contributed by atoms with E-state index in [0.717, 1.165) is 48.9 Å². The predicted molar refractivity (Wildman–Crippen MR) is 103 cm³/mol. The van der Waals surface area contributed by atoms with Gasteiger partial charge in [-0.05, 0) is 30.7 Å². The largest absolute Gasteiger partial charge is 0.354 e. The molecule has 1 aliphatic rings. The Morgan fingerprint density at radius 2 is 2.00 bits per heavy atom. The Morgan fingerprint density at radius 1 is 1.19 bits per heavy atom. The van der Waals surface area contributed by atoms with Crippen molar-refractivity contribution in [2.75, 3.05) is 31.1 Å². The predicted octanol–water partition coefficient (Wildman–Crippen LogP) is 1.59. The number of pyridine rings is 2. The number of piperazine rings is 1. The van der Waals surface area contributed by atoms with Gasteiger partial charge in [-0.1, -0.05) is 6.07 Å². The van der Waals surface area contributed by atoms with E-state index in [-0.39, 0.29) is 5.56 Å². The second kappa shape index (κ2) is 7.17. The van der Waals surface area contributed by atoms with E-state index in [9.17, 15) is 4.79 Å². The molecule has 0 saturated carbocycles. The van der Waals surface area contributed by atoms with Gasteiger partial charge in [0.1, 0.15) is 11.5 Å². The van der Waals surface area contributed by atoms with Crippen molar-refractivity contribution in [2.45, 2.75) is 13.5 Å². The fourth-order valence-electron chi connectivity index (χ4n) is 3.41. The third kappa shape index (κ3) is 3.52. The molecule has 136 valence electrons. The summed E-state index contributed by atoms with van der Waals surface area (Å²) in [5.41, 5.74) is 3.08. The second-order valence-corrected chi connectivity index (χ2v) is 6.75. The molecule has 0 spiro atoms. The minimum Gasteiger partial charge on any atom is -0.354 e. The Morgan fingerprint density at radius 3 is 2.78 bits per heavy atom. The fourth-order valence-corrected chi connectivity index (χ4v) is 3.41. The smallest absolute Gasteiger partial charge is 0.258 e. The van der Waals surface area contributed by atoms with Crippen LogP contribution in [0.4, 0.5) is 5.82 Å². The molecule has 0 atom stereocenters. The van der Waals surface area contributed by atoms with Gasteiger partial charge in [0.2, 0.25) is 0 Å². The average Bonchev–Trinajstić information content (AvgIpc) is 2.69.